The second-order valence-electron chi connectivity index (χ2n) is 3.37. The highest BCUT2D eigenvalue weighted by molar-refractivity contribution is 8.04. The molecule has 3 nitrogen and oxygen atoms in total. The van der Waals surface area contributed by atoms with Crippen molar-refractivity contribution >= 4 is 34.9 Å². The van der Waals surface area contributed by atoms with Crippen LogP contribution >= 0.6 is 23.5 Å². The fraction of sp³-hybridized carbons (Fsp3) is 0.417. The van der Waals surface area contributed by atoms with Gasteiger partial charge in [0.2, 0.25) is 0 Å². The molecule has 0 spiro atoms. The van der Waals surface area contributed by atoms with Crippen LogP contribution in [0.3, 0.4) is 0 Å². The first-order chi connectivity index (χ1) is 8.19. The van der Waals surface area contributed by atoms with Crippen LogP contribution in [0.5, 0.6) is 0 Å². The third-order valence-electron chi connectivity index (χ3n) is 2.46. The maximum absolute atomic E-state index is 8.84. The molecule has 92 valence electrons. The quantitative estimate of drug-likeness (QED) is 0.628. The molecule has 0 amide bonds. The normalized spacial score (nSPS) is 9.82. The number of nitrogens with zero attached hydrogens (tertiary/aromatic N) is 1. The molecular weight excluding hydrogens is 250 g/mol. The average Bonchev–Trinajstić information content (AvgIpc) is 2.30. The first-order valence-electron chi connectivity index (χ1n) is 5.41. The number of nitrogens with one attached hydrogen (secondary N) is 2. The topological polar surface area (TPSA) is 47.9 Å². The van der Waals surface area contributed by atoms with E-state index in [2.05, 4.69) is 35.9 Å². The van der Waals surface area contributed by atoms with E-state index in [0.717, 1.165) is 27.6 Å². The Bertz CT molecular complexity index is 438. The van der Waals surface area contributed by atoms with Gasteiger partial charge in [0.25, 0.3) is 0 Å². The number of hydrogen-bond acceptors (Lipinski definition) is 5. The van der Waals surface area contributed by atoms with Gasteiger partial charge in [0.15, 0.2) is 0 Å². The predicted molar refractivity (Wildman–Crippen MR) is 78.1 cm³/mol. The maximum Gasteiger partial charge on any atom is 0.138 e. The van der Waals surface area contributed by atoms with E-state index in [1.165, 1.54) is 16.7 Å². The van der Waals surface area contributed by atoms with Gasteiger partial charge in [-0.3, -0.25) is 0 Å². The van der Waals surface area contributed by atoms with Crippen molar-refractivity contribution in [2.45, 2.75) is 23.6 Å². The van der Waals surface area contributed by atoms with Crippen LogP contribution in [0.2, 0.25) is 0 Å². The monoisotopic (exact) mass is 267 g/mol. The van der Waals surface area contributed by atoms with Crippen LogP contribution in [0.25, 0.3) is 0 Å². The zero-order chi connectivity index (χ0) is 12.8. The Morgan fingerprint density at radius 2 is 1.82 bits per heavy atom. The largest absolute Gasteiger partial charge is 0.387 e. The molecule has 1 aromatic carbocycles. The molecule has 0 radical (unpaired) electrons. The minimum absolute atomic E-state index is 0.988. The van der Waals surface area contributed by atoms with Crippen molar-refractivity contribution in [3.8, 4) is 5.40 Å². The summed E-state index contributed by atoms with van der Waals surface area (Å²) in [6.45, 7) is 4.20. The molecule has 0 unspecified atom stereocenters. The van der Waals surface area contributed by atoms with E-state index in [4.69, 9.17) is 5.26 Å². The molecule has 0 aliphatic carbocycles. The van der Waals surface area contributed by atoms with Crippen molar-refractivity contribution in [3.63, 3.8) is 0 Å². The van der Waals surface area contributed by atoms with Crippen molar-refractivity contribution < 1.29 is 0 Å². The van der Waals surface area contributed by atoms with Crippen LogP contribution < -0.4 is 10.6 Å². The molecular formula is C12H17N3S2. The zero-order valence-corrected chi connectivity index (χ0v) is 12.2. The number of hydrogen-bond donors (Lipinski definition) is 2. The first kappa shape index (κ1) is 14.1. The van der Waals surface area contributed by atoms with Crippen molar-refractivity contribution in [2.75, 3.05) is 30.5 Å². The summed E-state index contributed by atoms with van der Waals surface area (Å²) >= 11 is 2.99. The van der Waals surface area contributed by atoms with Gasteiger partial charge >= 0.3 is 0 Å². The number of thiocyanates is 1. The Balaban J connectivity index is 3.38. The molecule has 0 aromatic heterocycles. The molecule has 5 heteroatoms. The van der Waals surface area contributed by atoms with Gasteiger partial charge in [-0.2, -0.15) is 5.26 Å². The molecule has 0 heterocycles. The number of anilines is 2. The molecule has 0 fully saturated rings. The fourth-order valence-electron chi connectivity index (χ4n) is 1.78. The van der Waals surface area contributed by atoms with E-state index >= 15 is 0 Å². The van der Waals surface area contributed by atoms with Gasteiger partial charge in [-0.05, 0) is 36.1 Å². The molecule has 17 heavy (non-hydrogen) atoms. The van der Waals surface area contributed by atoms with E-state index in [0.29, 0.717) is 0 Å². The molecule has 0 aliphatic heterocycles. The SMILES string of the molecule is CCSc1cc(SC#N)c(NC)c(C)c1NC. The Kier molecular flexibility index (Phi) is 5.52. The van der Waals surface area contributed by atoms with Gasteiger partial charge in [0.05, 0.1) is 11.4 Å². The summed E-state index contributed by atoms with van der Waals surface area (Å²) in [6.07, 6.45) is 0. The molecule has 1 aromatic rings. The van der Waals surface area contributed by atoms with E-state index in [1.54, 1.807) is 11.8 Å². The predicted octanol–water partition coefficient (Wildman–Crippen LogP) is 3.76. The first-order valence-corrected chi connectivity index (χ1v) is 7.21. The third-order valence-corrected chi connectivity index (χ3v) is 4.02. The Morgan fingerprint density at radius 3 is 2.29 bits per heavy atom. The summed E-state index contributed by atoms with van der Waals surface area (Å²) in [5.41, 5.74) is 3.33. The third kappa shape index (κ3) is 3.02. The number of rotatable bonds is 5. The molecule has 0 aliphatic rings. The van der Waals surface area contributed by atoms with Gasteiger partial charge in [-0.25, -0.2) is 0 Å². The lowest BCUT2D eigenvalue weighted by molar-refractivity contribution is 1.23. The van der Waals surface area contributed by atoms with Crippen molar-refractivity contribution in [1.29, 1.82) is 5.26 Å². The molecule has 2 N–H and O–H groups in total. The van der Waals surface area contributed by atoms with Crippen LogP contribution in [0.15, 0.2) is 15.9 Å². The Labute approximate surface area is 111 Å². The molecule has 1 rings (SSSR count). The number of nitriles is 1. The van der Waals surface area contributed by atoms with Crippen LogP contribution in [0, 0.1) is 17.6 Å². The van der Waals surface area contributed by atoms with Gasteiger partial charge < -0.3 is 10.6 Å². The average molecular weight is 267 g/mol. The smallest absolute Gasteiger partial charge is 0.138 e. The summed E-state index contributed by atoms with van der Waals surface area (Å²) in [6, 6.07) is 2.08. The van der Waals surface area contributed by atoms with Crippen LogP contribution in [-0.2, 0) is 0 Å². The Morgan fingerprint density at radius 1 is 1.24 bits per heavy atom. The lowest BCUT2D eigenvalue weighted by atomic mass is 10.1. The van der Waals surface area contributed by atoms with Gasteiger partial charge in [-0.15, -0.1) is 11.8 Å². The standard InChI is InChI=1S/C12H17N3S2/c1-5-16-9-6-10(17-7-13)12(15-4)8(2)11(9)14-3/h6,14-15H,5H2,1-4H3. The maximum atomic E-state index is 8.84. The van der Waals surface area contributed by atoms with Crippen LogP contribution in [0.1, 0.15) is 12.5 Å². The summed E-state index contributed by atoms with van der Waals surface area (Å²) in [5.74, 6) is 1.02. The minimum atomic E-state index is 0.988. The zero-order valence-electron chi connectivity index (χ0n) is 10.5. The van der Waals surface area contributed by atoms with E-state index in [-0.39, 0.29) is 0 Å². The second-order valence-corrected chi connectivity index (χ2v) is 5.51. The fourth-order valence-corrected chi connectivity index (χ4v) is 3.40. The van der Waals surface area contributed by atoms with Crippen LogP contribution in [-0.4, -0.2) is 19.8 Å². The van der Waals surface area contributed by atoms with Gasteiger partial charge in [-0.1, -0.05) is 6.92 Å². The number of benzene rings is 1. The van der Waals surface area contributed by atoms with Crippen LogP contribution in [0.4, 0.5) is 11.4 Å². The highest BCUT2D eigenvalue weighted by Crippen LogP contribution is 2.40. The number of thioether (sulfide) groups is 2. The van der Waals surface area contributed by atoms with Crippen molar-refractivity contribution in [1.82, 2.24) is 0 Å². The van der Waals surface area contributed by atoms with E-state index in [9.17, 15) is 0 Å². The van der Waals surface area contributed by atoms with Gasteiger partial charge in [0, 0.05) is 23.9 Å². The second kappa shape index (κ2) is 6.67. The highest BCUT2D eigenvalue weighted by Gasteiger charge is 2.14. The van der Waals surface area contributed by atoms with Crippen molar-refractivity contribution in [2.24, 2.45) is 0 Å². The molecule has 0 atom stereocenters. The molecule has 0 saturated heterocycles. The lowest BCUT2D eigenvalue weighted by Crippen LogP contribution is -2.01. The minimum Gasteiger partial charge on any atom is -0.387 e. The Hall–Kier alpha value is -0.990. The summed E-state index contributed by atoms with van der Waals surface area (Å²) in [7, 11) is 3.81. The highest BCUT2D eigenvalue weighted by atomic mass is 32.2. The summed E-state index contributed by atoms with van der Waals surface area (Å²) < 4.78 is 0. The van der Waals surface area contributed by atoms with Gasteiger partial charge in [0.1, 0.15) is 5.40 Å². The van der Waals surface area contributed by atoms with E-state index < -0.39 is 0 Å². The summed E-state index contributed by atoms with van der Waals surface area (Å²) in [4.78, 5) is 2.19. The summed E-state index contributed by atoms with van der Waals surface area (Å²) in [5, 5.41) is 17.4. The van der Waals surface area contributed by atoms with Crippen molar-refractivity contribution in [3.05, 3.63) is 11.6 Å². The molecule has 0 saturated carbocycles. The lowest BCUT2D eigenvalue weighted by Gasteiger charge is -2.17. The molecule has 0 bridgehead atoms. The van der Waals surface area contributed by atoms with E-state index in [1.807, 2.05) is 14.1 Å².